The lowest BCUT2D eigenvalue weighted by atomic mass is 10.1. The quantitative estimate of drug-likeness (QED) is 0.324. The fourth-order valence-electron chi connectivity index (χ4n) is 4.20. The Hall–Kier alpha value is -3.89. The Morgan fingerprint density at radius 1 is 1.11 bits per heavy atom. The molecule has 0 saturated carbocycles. The van der Waals surface area contributed by atoms with Gasteiger partial charge in [0.1, 0.15) is 11.3 Å². The smallest absolute Gasteiger partial charge is 0.406 e. The van der Waals surface area contributed by atoms with Gasteiger partial charge in [-0.1, -0.05) is 13.8 Å². The number of aryl methyl sites for hydroxylation is 2. The van der Waals surface area contributed by atoms with Crippen LogP contribution in [0.15, 0.2) is 41.5 Å². The van der Waals surface area contributed by atoms with E-state index in [2.05, 4.69) is 38.9 Å². The van der Waals surface area contributed by atoms with Crippen molar-refractivity contribution in [3.8, 4) is 17.1 Å². The van der Waals surface area contributed by atoms with Crippen LogP contribution in [-0.4, -0.2) is 30.9 Å². The highest BCUT2D eigenvalue weighted by Crippen LogP contribution is 2.30. The number of pyridine rings is 1. The molecule has 0 spiro atoms. The van der Waals surface area contributed by atoms with Gasteiger partial charge in [-0.3, -0.25) is 4.79 Å². The summed E-state index contributed by atoms with van der Waals surface area (Å²) in [7, 11) is 0. The van der Waals surface area contributed by atoms with E-state index in [-0.39, 0.29) is 23.9 Å². The van der Waals surface area contributed by atoms with Gasteiger partial charge in [0.15, 0.2) is 17.3 Å². The second-order valence-corrected chi connectivity index (χ2v) is 8.56. The first-order valence-electron chi connectivity index (χ1n) is 11.6. The average Bonchev–Trinajstić information content (AvgIpc) is 3.22. The van der Waals surface area contributed by atoms with E-state index in [4.69, 9.17) is 4.98 Å². The maximum Gasteiger partial charge on any atom is 0.573 e. The van der Waals surface area contributed by atoms with Crippen molar-refractivity contribution in [1.82, 2.24) is 24.5 Å². The number of aromatic amines is 1. The summed E-state index contributed by atoms with van der Waals surface area (Å²) in [6.45, 7) is 8.05. The molecular formula is C25H27F3N6O2. The van der Waals surface area contributed by atoms with Gasteiger partial charge in [-0.2, -0.15) is 0 Å². The van der Waals surface area contributed by atoms with Gasteiger partial charge in [0.25, 0.3) is 5.56 Å². The molecule has 0 fully saturated rings. The summed E-state index contributed by atoms with van der Waals surface area (Å²) in [4.78, 5) is 29.2. The molecule has 0 saturated heterocycles. The predicted octanol–water partition coefficient (Wildman–Crippen LogP) is 5.67. The van der Waals surface area contributed by atoms with Crippen molar-refractivity contribution < 1.29 is 17.9 Å². The number of benzene rings is 1. The molecule has 0 aliphatic carbocycles. The maximum atomic E-state index is 12.6. The number of rotatable bonds is 8. The Balaban J connectivity index is 1.77. The van der Waals surface area contributed by atoms with E-state index in [1.54, 1.807) is 6.33 Å². The predicted molar refractivity (Wildman–Crippen MR) is 131 cm³/mol. The van der Waals surface area contributed by atoms with Crippen LogP contribution in [0, 0.1) is 13.8 Å². The third-order valence-corrected chi connectivity index (χ3v) is 6.03. The molecule has 0 radical (unpaired) electrons. The standard InChI is InChI=1S/C25H27F3N6O2/c1-5-17(6-2)34-13-30-20-22(29-12-19-14(3)11-15(4)31-24(19)35)32-21(33-23(20)34)16-7-9-18(10-8-16)36-25(26,27)28/h7-11,13,17H,5-6,12H2,1-4H3,(H,31,35)(H,29,32,33). The lowest BCUT2D eigenvalue weighted by Gasteiger charge is -2.16. The Kier molecular flexibility index (Phi) is 7.00. The lowest BCUT2D eigenvalue weighted by molar-refractivity contribution is -0.274. The van der Waals surface area contributed by atoms with Crippen molar-refractivity contribution in [1.29, 1.82) is 0 Å². The van der Waals surface area contributed by atoms with Gasteiger partial charge in [0.2, 0.25) is 0 Å². The summed E-state index contributed by atoms with van der Waals surface area (Å²) in [6.07, 6.45) is -1.32. The number of nitrogens with zero attached hydrogens (tertiary/aromatic N) is 4. The van der Waals surface area contributed by atoms with Gasteiger partial charge in [0.05, 0.1) is 6.33 Å². The van der Waals surface area contributed by atoms with Gasteiger partial charge in [0, 0.05) is 29.4 Å². The molecule has 3 aromatic heterocycles. The number of nitrogens with one attached hydrogen (secondary N) is 2. The largest absolute Gasteiger partial charge is 0.573 e. The molecule has 0 aliphatic rings. The van der Waals surface area contributed by atoms with Crippen LogP contribution in [0.3, 0.4) is 0 Å². The summed E-state index contributed by atoms with van der Waals surface area (Å²) in [5, 5.41) is 3.23. The number of H-pyrrole nitrogens is 1. The highest BCUT2D eigenvalue weighted by Gasteiger charge is 2.31. The fraction of sp³-hybridized carbons (Fsp3) is 0.360. The van der Waals surface area contributed by atoms with Crippen LogP contribution in [0.1, 0.15) is 49.6 Å². The molecule has 190 valence electrons. The van der Waals surface area contributed by atoms with Crippen molar-refractivity contribution in [2.24, 2.45) is 0 Å². The summed E-state index contributed by atoms with van der Waals surface area (Å²) in [5.41, 5.74) is 3.66. The molecule has 36 heavy (non-hydrogen) atoms. The number of fused-ring (bicyclic) bond motifs is 1. The summed E-state index contributed by atoms with van der Waals surface area (Å²) in [6, 6.07) is 7.44. The number of halogens is 3. The monoisotopic (exact) mass is 500 g/mol. The summed E-state index contributed by atoms with van der Waals surface area (Å²) in [5.74, 6) is 0.405. The van der Waals surface area contributed by atoms with Gasteiger partial charge in [-0.15, -0.1) is 13.2 Å². The zero-order chi connectivity index (χ0) is 26.0. The molecular weight excluding hydrogens is 473 g/mol. The first kappa shape index (κ1) is 25.2. The van der Waals surface area contributed by atoms with Crippen LogP contribution < -0.4 is 15.6 Å². The SMILES string of the molecule is CCC(CC)n1cnc2c(NCc3c(C)cc(C)[nH]c3=O)nc(-c3ccc(OC(F)(F)F)cc3)nc21. The van der Waals surface area contributed by atoms with Crippen LogP contribution in [0.25, 0.3) is 22.6 Å². The maximum absolute atomic E-state index is 12.6. The average molecular weight is 501 g/mol. The lowest BCUT2D eigenvalue weighted by Crippen LogP contribution is -2.19. The highest BCUT2D eigenvalue weighted by atomic mass is 19.4. The Bertz CT molecular complexity index is 1420. The molecule has 0 atom stereocenters. The van der Waals surface area contributed by atoms with Crippen molar-refractivity contribution in [3.63, 3.8) is 0 Å². The normalized spacial score (nSPS) is 11.9. The topological polar surface area (TPSA) is 97.7 Å². The first-order chi connectivity index (χ1) is 17.1. The number of alkyl halides is 3. The number of aromatic nitrogens is 5. The van der Waals surface area contributed by atoms with E-state index in [0.29, 0.717) is 33.9 Å². The first-order valence-corrected chi connectivity index (χ1v) is 11.6. The van der Waals surface area contributed by atoms with Gasteiger partial charge >= 0.3 is 6.36 Å². The van der Waals surface area contributed by atoms with Crippen molar-refractivity contribution in [2.45, 2.75) is 59.5 Å². The second-order valence-electron chi connectivity index (χ2n) is 8.56. The minimum Gasteiger partial charge on any atom is -0.406 e. The molecule has 2 N–H and O–H groups in total. The van der Waals surface area contributed by atoms with E-state index in [0.717, 1.165) is 24.1 Å². The molecule has 4 aromatic rings. The van der Waals surface area contributed by atoms with Crippen LogP contribution in [-0.2, 0) is 6.54 Å². The van der Waals surface area contributed by atoms with Gasteiger partial charge in [-0.05, 0) is 62.6 Å². The van der Waals surface area contributed by atoms with Crippen molar-refractivity contribution in [2.75, 3.05) is 5.32 Å². The van der Waals surface area contributed by atoms with Crippen molar-refractivity contribution >= 4 is 17.0 Å². The van der Waals surface area contributed by atoms with Crippen LogP contribution >= 0.6 is 0 Å². The van der Waals surface area contributed by atoms with E-state index >= 15 is 0 Å². The third kappa shape index (κ3) is 5.34. The Morgan fingerprint density at radius 2 is 1.81 bits per heavy atom. The van der Waals surface area contributed by atoms with Crippen LogP contribution in [0.2, 0.25) is 0 Å². The van der Waals surface area contributed by atoms with E-state index in [1.807, 2.05) is 24.5 Å². The van der Waals surface area contributed by atoms with E-state index in [9.17, 15) is 18.0 Å². The molecule has 0 aliphatic heterocycles. The number of anilines is 1. The fourth-order valence-corrected chi connectivity index (χ4v) is 4.20. The minimum absolute atomic E-state index is 0.162. The minimum atomic E-state index is -4.78. The zero-order valence-electron chi connectivity index (χ0n) is 20.4. The second kappa shape index (κ2) is 10.00. The molecule has 1 aromatic carbocycles. The van der Waals surface area contributed by atoms with Gasteiger partial charge < -0.3 is 19.6 Å². The van der Waals surface area contributed by atoms with E-state index in [1.165, 1.54) is 24.3 Å². The molecule has 4 rings (SSSR count). The molecule has 3 heterocycles. The van der Waals surface area contributed by atoms with Crippen LogP contribution in [0.5, 0.6) is 5.75 Å². The summed E-state index contributed by atoms with van der Waals surface area (Å²) < 4.78 is 43.6. The zero-order valence-corrected chi connectivity index (χ0v) is 20.4. The van der Waals surface area contributed by atoms with Gasteiger partial charge in [-0.25, -0.2) is 15.0 Å². The third-order valence-electron chi connectivity index (χ3n) is 6.03. The number of ether oxygens (including phenoxy) is 1. The molecule has 0 unspecified atom stereocenters. The number of hydrogen-bond acceptors (Lipinski definition) is 6. The van der Waals surface area contributed by atoms with E-state index < -0.39 is 6.36 Å². The Morgan fingerprint density at radius 3 is 2.42 bits per heavy atom. The molecule has 11 heteroatoms. The molecule has 0 amide bonds. The highest BCUT2D eigenvalue weighted by molar-refractivity contribution is 5.85. The van der Waals surface area contributed by atoms with Crippen LogP contribution in [0.4, 0.5) is 19.0 Å². The van der Waals surface area contributed by atoms with Crippen molar-refractivity contribution in [3.05, 3.63) is 63.8 Å². The number of imidazole rings is 1. The summed E-state index contributed by atoms with van der Waals surface area (Å²) >= 11 is 0. The molecule has 8 nitrogen and oxygen atoms in total. The number of hydrogen-bond donors (Lipinski definition) is 2. The Labute approximate surface area is 205 Å². The molecule has 0 bridgehead atoms.